The first-order valence-electron chi connectivity index (χ1n) is 7.77. The highest BCUT2D eigenvalue weighted by atomic mass is 16.3. The highest BCUT2D eigenvalue weighted by molar-refractivity contribution is 5.75. The Labute approximate surface area is 134 Å². The molecule has 0 bridgehead atoms. The normalized spacial score (nSPS) is 21.2. The molecular formula is C16H21N5O2. The van der Waals surface area contributed by atoms with Crippen molar-refractivity contribution in [2.75, 3.05) is 24.5 Å². The molecule has 3 rings (SSSR count). The fraction of sp³-hybridized carbons (Fsp3) is 0.438. The molecule has 1 aliphatic heterocycles. The van der Waals surface area contributed by atoms with Crippen molar-refractivity contribution in [2.24, 2.45) is 0 Å². The van der Waals surface area contributed by atoms with E-state index in [-0.39, 0.29) is 19.0 Å². The van der Waals surface area contributed by atoms with E-state index in [0.29, 0.717) is 13.0 Å². The Kier molecular flexibility index (Phi) is 4.57. The minimum atomic E-state index is -0.935. The third-order valence-electron chi connectivity index (χ3n) is 4.01. The van der Waals surface area contributed by atoms with E-state index in [1.54, 1.807) is 29.3 Å². The number of hydrogen-bond donors (Lipinski definition) is 2. The Bertz CT molecular complexity index is 631. The molecule has 1 amide bonds. The molecule has 1 atom stereocenters. The van der Waals surface area contributed by atoms with Crippen molar-refractivity contribution in [2.45, 2.75) is 25.0 Å². The molecule has 1 saturated heterocycles. The number of piperidine rings is 1. The van der Waals surface area contributed by atoms with Gasteiger partial charge < -0.3 is 15.3 Å². The number of nitrogens with zero attached hydrogens (tertiary/aromatic N) is 4. The number of pyridine rings is 1. The van der Waals surface area contributed by atoms with Crippen molar-refractivity contribution in [1.29, 1.82) is 0 Å². The van der Waals surface area contributed by atoms with Crippen molar-refractivity contribution < 1.29 is 9.90 Å². The molecule has 2 aromatic rings. The van der Waals surface area contributed by atoms with Gasteiger partial charge in [0.25, 0.3) is 0 Å². The second-order valence-corrected chi connectivity index (χ2v) is 5.92. The van der Waals surface area contributed by atoms with Gasteiger partial charge in [0, 0.05) is 38.2 Å². The second-order valence-electron chi connectivity index (χ2n) is 5.92. The molecule has 122 valence electrons. The number of aromatic nitrogens is 3. The van der Waals surface area contributed by atoms with E-state index in [1.165, 1.54) is 0 Å². The van der Waals surface area contributed by atoms with E-state index in [0.717, 1.165) is 18.8 Å². The quantitative estimate of drug-likeness (QED) is 0.836. The molecule has 0 radical (unpaired) electrons. The number of amides is 1. The van der Waals surface area contributed by atoms with Gasteiger partial charge in [0.05, 0.1) is 5.60 Å². The molecule has 0 aromatic carbocycles. The third kappa shape index (κ3) is 4.07. The van der Waals surface area contributed by atoms with Crippen LogP contribution >= 0.6 is 0 Å². The maximum absolute atomic E-state index is 11.9. The van der Waals surface area contributed by atoms with Crippen LogP contribution in [0.25, 0.3) is 0 Å². The first-order chi connectivity index (χ1) is 11.1. The summed E-state index contributed by atoms with van der Waals surface area (Å²) in [5.74, 6) is 0.700. The largest absolute Gasteiger partial charge is 0.386 e. The van der Waals surface area contributed by atoms with Crippen molar-refractivity contribution in [3.63, 3.8) is 0 Å². The molecule has 1 fully saturated rings. The summed E-state index contributed by atoms with van der Waals surface area (Å²) in [5, 5.41) is 17.6. The van der Waals surface area contributed by atoms with E-state index in [4.69, 9.17) is 0 Å². The SMILES string of the molecule is O=C(Cn1cccn1)NCC1(O)CCCN(c2ccccn2)C1. The Morgan fingerprint density at radius 2 is 2.26 bits per heavy atom. The molecule has 0 aliphatic carbocycles. The van der Waals surface area contributed by atoms with Crippen LogP contribution in [0.2, 0.25) is 0 Å². The number of rotatable bonds is 5. The molecule has 2 aromatic heterocycles. The highest BCUT2D eigenvalue weighted by Gasteiger charge is 2.34. The smallest absolute Gasteiger partial charge is 0.241 e. The molecule has 1 unspecified atom stereocenters. The summed E-state index contributed by atoms with van der Waals surface area (Å²) in [4.78, 5) is 18.3. The number of anilines is 1. The standard InChI is InChI=1S/C16H21N5O2/c22-15(11-21-10-4-8-19-21)18-12-16(23)6-3-9-20(13-16)14-5-1-2-7-17-14/h1-2,4-5,7-8,10,23H,3,6,9,11-13H2,(H,18,22). The number of nitrogens with one attached hydrogen (secondary N) is 1. The average molecular weight is 315 g/mol. The molecule has 23 heavy (non-hydrogen) atoms. The lowest BCUT2D eigenvalue weighted by atomic mass is 9.92. The number of carbonyl (C=O) groups is 1. The van der Waals surface area contributed by atoms with Crippen molar-refractivity contribution in [3.05, 3.63) is 42.9 Å². The summed E-state index contributed by atoms with van der Waals surface area (Å²) in [6.45, 7) is 1.72. The van der Waals surface area contributed by atoms with Gasteiger partial charge in [-0.25, -0.2) is 4.98 Å². The van der Waals surface area contributed by atoms with E-state index >= 15 is 0 Å². The summed E-state index contributed by atoms with van der Waals surface area (Å²) >= 11 is 0. The summed E-state index contributed by atoms with van der Waals surface area (Å²) in [6, 6.07) is 7.51. The Morgan fingerprint density at radius 3 is 3.00 bits per heavy atom. The van der Waals surface area contributed by atoms with Gasteiger partial charge in [-0.05, 0) is 31.0 Å². The van der Waals surface area contributed by atoms with Gasteiger partial charge in [-0.3, -0.25) is 9.48 Å². The van der Waals surface area contributed by atoms with Gasteiger partial charge in [-0.2, -0.15) is 5.10 Å². The minimum absolute atomic E-state index is 0.155. The van der Waals surface area contributed by atoms with E-state index in [2.05, 4.69) is 20.3 Å². The monoisotopic (exact) mass is 315 g/mol. The molecule has 7 nitrogen and oxygen atoms in total. The highest BCUT2D eigenvalue weighted by Crippen LogP contribution is 2.24. The van der Waals surface area contributed by atoms with E-state index < -0.39 is 5.60 Å². The van der Waals surface area contributed by atoms with Crippen LogP contribution in [0.4, 0.5) is 5.82 Å². The zero-order valence-electron chi connectivity index (χ0n) is 12.9. The second kappa shape index (κ2) is 6.78. The molecular weight excluding hydrogens is 294 g/mol. The molecule has 0 saturated carbocycles. The fourth-order valence-corrected chi connectivity index (χ4v) is 2.85. The first-order valence-corrected chi connectivity index (χ1v) is 7.77. The van der Waals surface area contributed by atoms with Crippen LogP contribution in [0.5, 0.6) is 0 Å². The predicted molar refractivity (Wildman–Crippen MR) is 85.9 cm³/mol. The summed E-state index contributed by atoms with van der Waals surface area (Å²) < 4.78 is 1.56. The summed E-state index contributed by atoms with van der Waals surface area (Å²) in [5.41, 5.74) is -0.935. The van der Waals surface area contributed by atoms with Crippen LogP contribution in [0.1, 0.15) is 12.8 Å². The minimum Gasteiger partial charge on any atom is -0.386 e. The first kappa shape index (κ1) is 15.5. The van der Waals surface area contributed by atoms with Gasteiger partial charge in [0.1, 0.15) is 12.4 Å². The zero-order valence-corrected chi connectivity index (χ0v) is 12.9. The molecule has 7 heteroatoms. The Morgan fingerprint density at radius 1 is 1.35 bits per heavy atom. The molecule has 1 aliphatic rings. The van der Waals surface area contributed by atoms with Gasteiger partial charge in [-0.15, -0.1) is 0 Å². The molecule has 2 N–H and O–H groups in total. The van der Waals surface area contributed by atoms with Gasteiger partial charge in [0.2, 0.25) is 5.91 Å². The Hall–Kier alpha value is -2.41. The fourth-order valence-electron chi connectivity index (χ4n) is 2.85. The van der Waals surface area contributed by atoms with E-state index in [9.17, 15) is 9.90 Å². The van der Waals surface area contributed by atoms with Crippen molar-refractivity contribution in [1.82, 2.24) is 20.1 Å². The van der Waals surface area contributed by atoms with Crippen molar-refractivity contribution >= 4 is 11.7 Å². The van der Waals surface area contributed by atoms with Crippen molar-refractivity contribution in [3.8, 4) is 0 Å². The van der Waals surface area contributed by atoms with Crippen LogP contribution < -0.4 is 10.2 Å². The van der Waals surface area contributed by atoms with Gasteiger partial charge in [-0.1, -0.05) is 6.07 Å². The average Bonchev–Trinajstić information content (AvgIpc) is 3.07. The lowest BCUT2D eigenvalue weighted by Crippen LogP contribution is -2.54. The van der Waals surface area contributed by atoms with Crippen LogP contribution in [0.3, 0.4) is 0 Å². The van der Waals surface area contributed by atoms with E-state index in [1.807, 2.05) is 18.2 Å². The number of aliphatic hydroxyl groups is 1. The number of β-amino-alcohol motifs (C(OH)–C–C–N with tert-alkyl or cyclic N) is 1. The Balaban J connectivity index is 1.55. The molecule has 3 heterocycles. The lowest BCUT2D eigenvalue weighted by molar-refractivity contribution is -0.123. The zero-order chi connectivity index (χ0) is 16.1. The van der Waals surface area contributed by atoms with Crippen LogP contribution in [0.15, 0.2) is 42.9 Å². The van der Waals surface area contributed by atoms with Crippen LogP contribution in [-0.2, 0) is 11.3 Å². The predicted octanol–water partition coefficient (Wildman–Crippen LogP) is 0.426. The summed E-state index contributed by atoms with van der Waals surface area (Å²) in [6.07, 6.45) is 6.64. The number of hydrogen-bond acceptors (Lipinski definition) is 5. The van der Waals surface area contributed by atoms with Crippen LogP contribution in [-0.4, -0.2) is 51.0 Å². The van der Waals surface area contributed by atoms with Crippen LogP contribution in [0, 0.1) is 0 Å². The maximum atomic E-state index is 11.9. The van der Waals surface area contributed by atoms with Gasteiger partial charge >= 0.3 is 0 Å². The summed E-state index contributed by atoms with van der Waals surface area (Å²) in [7, 11) is 0. The third-order valence-corrected chi connectivity index (χ3v) is 4.01. The maximum Gasteiger partial charge on any atom is 0.241 e. The topological polar surface area (TPSA) is 83.3 Å². The van der Waals surface area contributed by atoms with Gasteiger partial charge in [0.15, 0.2) is 0 Å². The lowest BCUT2D eigenvalue weighted by Gasteiger charge is -2.39. The molecule has 0 spiro atoms. The number of carbonyl (C=O) groups excluding carboxylic acids is 1.